The maximum Gasteiger partial charge on any atom is 0.240 e. The minimum Gasteiger partial charge on any atom is -0.313 e. The molecule has 0 unspecified atom stereocenters. The first kappa shape index (κ1) is 15.6. The molecule has 1 aromatic carbocycles. The normalized spacial score (nSPS) is 11.7. The van der Waals surface area contributed by atoms with Gasteiger partial charge in [-0.1, -0.05) is 13.0 Å². The second-order valence-corrected chi connectivity index (χ2v) is 6.39. The Kier molecular flexibility index (Phi) is 5.05. The first-order valence-corrected chi connectivity index (χ1v) is 8.15. The van der Waals surface area contributed by atoms with Crippen LogP contribution in [0.3, 0.4) is 0 Å². The smallest absolute Gasteiger partial charge is 0.240 e. The lowest BCUT2D eigenvalue weighted by Crippen LogP contribution is -2.24. The van der Waals surface area contributed by atoms with Gasteiger partial charge in [0, 0.05) is 6.54 Å². The van der Waals surface area contributed by atoms with E-state index in [1.165, 1.54) is 6.33 Å². The van der Waals surface area contributed by atoms with Crippen molar-refractivity contribution in [2.75, 3.05) is 6.54 Å². The number of aromatic amines is 1. The van der Waals surface area contributed by atoms with Gasteiger partial charge in [-0.05, 0) is 36.7 Å². The molecule has 0 radical (unpaired) electrons. The number of nitrogens with zero attached hydrogens (tertiary/aromatic N) is 2. The topological polar surface area (TPSA) is 99.8 Å². The van der Waals surface area contributed by atoms with Crippen LogP contribution >= 0.6 is 0 Å². The van der Waals surface area contributed by atoms with Crippen LogP contribution in [0.1, 0.15) is 23.9 Å². The molecule has 0 bridgehead atoms. The van der Waals surface area contributed by atoms with Crippen LogP contribution in [0.2, 0.25) is 0 Å². The average molecular weight is 309 g/mol. The summed E-state index contributed by atoms with van der Waals surface area (Å²) in [6.07, 6.45) is 1.34. The van der Waals surface area contributed by atoms with Crippen LogP contribution in [0.15, 0.2) is 29.4 Å². The summed E-state index contributed by atoms with van der Waals surface area (Å²) in [5.74, 6) is 0.471. The van der Waals surface area contributed by atoms with Crippen LogP contribution in [0, 0.1) is 6.92 Å². The maximum absolute atomic E-state index is 12.3. The van der Waals surface area contributed by atoms with Gasteiger partial charge in [-0.3, -0.25) is 5.10 Å². The van der Waals surface area contributed by atoms with Crippen LogP contribution < -0.4 is 10.0 Å². The number of rotatable bonds is 7. The zero-order valence-electron chi connectivity index (χ0n) is 12.0. The molecule has 0 aliphatic carbocycles. The highest BCUT2D eigenvalue weighted by molar-refractivity contribution is 7.89. The molecule has 0 saturated carbocycles. The minimum atomic E-state index is -3.57. The molecule has 2 aromatic rings. The summed E-state index contributed by atoms with van der Waals surface area (Å²) >= 11 is 0. The van der Waals surface area contributed by atoms with Crippen molar-refractivity contribution in [3.8, 4) is 0 Å². The highest BCUT2D eigenvalue weighted by Crippen LogP contribution is 2.15. The Morgan fingerprint density at radius 2 is 2.10 bits per heavy atom. The molecule has 7 nitrogen and oxygen atoms in total. The van der Waals surface area contributed by atoms with Gasteiger partial charge in [0.15, 0.2) is 0 Å². The molecule has 1 aromatic heterocycles. The molecule has 21 heavy (non-hydrogen) atoms. The summed E-state index contributed by atoms with van der Waals surface area (Å²) < 4.78 is 27.0. The number of aryl methyl sites for hydroxylation is 1. The predicted molar refractivity (Wildman–Crippen MR) is 79.0 cm³/mol. The lowest BCUT2D eigenvalue weighted by atomic mass is 10.1. The monoisotopic (exact) mass is 309 g/mol. The van der Waals surface area contributed by atoms with Crippen molar-refractivity contribution in [3.63, 3.8) is 0 Å². The van der Waals surface area contributed by atoms with Gasteiger partial charge in [0.05, 0.1) is 11.4 Å². The van der Waals surface area contributed by atoms with E-state index >= 15 is 0 Å². The number of hydrogen-bond donors (Lipinski definition) is 3. The summed E-state index contributed by atoms with van der Waals surface area (Å²) in [6.45, 7) is 5.53. The zero-order valence-corrected chi connectivity index (χ0v) is 12.9. The number of hydrogen-bond acceptors (Lipinski definition) is 5. The van der Waals surface area contributed by atoms with Crippen LogP contribution in [0.5, 0.6) is 0 Å². The second-order valence-electron chi connectivity index (χ2n) is 4.63. The number of H-pyrrole nitrogens is 1. The standard InChI is InChI=1S/C13H19N5O2S/c1-3-14-7-11-6-12(5-4-10(11)2)21(19,20)17-8-13-15-9-16-18-13/h4-6,9,14,17H,3,7-8H2,1-2H3,(H,15,16,18). The van der Waals surface area contributed by atoms with Crippen molar-refractivity contribution >= 4 is 10.0 Å². The van der Waals surface area contributed by atoms with Gasteiger partial charge in [0.2, 0.25) is 10.0 Å². The third-order valence-electron chi connectivity index (χ3n) is 3.09. The van der Waals surface area contributed by atoms with Crippen molar-refractivity contribution in [2.45, 2.75) is 31.8 Å². The van der Waals surface area contributed by atoms with Gasteiger partial charge < -0.3 is 5.32 Å². The van der Waals surface area contributed by atoms with E-state index in [9.17, 15) is 8.42 Å². The van der Waals surface area contributed by atoms with E-state index in [0.29, 0.717) is 12.4 Å². The maximum atomic E-state index is 12.3. The quantitative estimate of drug-likeness (QED) is 0.699. The van der Waals surface area contributed by atoms with Crippen molar-refractivity contribution in [2.24, 2.45) is 0 Å². The molecule has 0 aliphatic rings. The third kappa shape index (κ3) is 4.10. The van der Waals surface area contributed by atoms with E-state index in [1.807, 2.05) is 19.9 Å². The largest absolute Gasteiger partial charge is 0.313 e. The average Bonchev–Trinajstić information content (AvgIpc) is 2.97. The van der Waals surface area contributed by atoms with Crippen LogP contribution in [-0.4, -0.2) is 30.1 Å². The van der Waals surface area contributed by atoms with Crippen LogP contribution in [-0.2, 0) is 23.1 Å². The molecule has 0 aliphatic heterocycles. The van der Waals surface area contributed by atoms with Crippen molar-refractivity contribution in [1.82, 2.24) is 25.2 Å². The second kappa shape index (κ2) is 6.79. The van der Waals surface area contributed by atoms with E-state index in [1.54, 1.807) is 12.1 Å². The Balaban J connectivity index is 2.15. The molecule has 114 valence electrons. The summed E-state index contributed by atoms with van der Waals surface area (Å²) in [5, 5.41) is 9.49. The highest BCUT2D eigenvalue weighted by atomic mass is 32.2. The Morgan fingerprint density at radius 1 is 1.29 bits per heavy atom. The fourth-order valence-electron chi connectivity index (χ4n) is 1.83. The summed E-state index contributed by atoms with van der Waals surface area (Å²) in [5.41, 5.74) is 2.03. The summed E-state index contributed by atoms with van der Waals surface area (Å²) in [6, 6.07) is 5.11. The summed E-state index contributed by atoms with van der Waals surface area (Å²) in [4.78, 5) is 4.13. The van der Waals surface area contributed by atoms with Crippen LogP contribution in [0.4, 0.5) is 0 Å². The lowest BCUT2D eigenvalue weighted by Gasteiger charge is -2.10. The van der Waals surface area contributed by atoms with Crippen LogP contribution in [0.25, 0.3) is 0 Å². The highest BCUT2D eigenvalue weighted by Gasteiger charge is 2.15. The minimum absolute atomic E-state index is 0.0821. The number of sulfonamides is 1. The van der Waals surface area contributed by atoms with Gasteiger partial charge in [-0.15, -0.1) is 0 Å². The molecule has 0 fully saturated rings. The molecule has 3 N–H and O–H groups in total. The zero-order chi connectivity index (χ0) is 15.3. The van der Waals surface area contributed by atoms with Crippen molar-refractivity contribution < 1.29 is 8.42 Å². The molecular weight excluding hydrogens is 290 g/mol. The van der Waals surface area contributed by atoms with Gasteiger partial charge in [-0.2, -0.15) is 5.10 Å². The Bertz CT molecular complexity index is 683. The van der Waals surface area contributed by atoms with E-state index in [0.717, 1.165) is 17.7 Å². The molecule has 0 saturated heterocycles. The molecular formula is C13H19N5O2S. The molecule has 1 heterocycles. The molecule has 2 rings (SSSR count). The number of aromatic nitrogens is 3. The van der Waals surface area contributed by atoms with Gasteiger partial charge in [0.25, 0.3) is 0 Å². The fraction of sp³-hybridized carbons (Fsp3) is 0.385. The Labute approximate surface area is 124 Å². The van der Waals surface area contributed by atoms with E-state index in [-0.39, 0.29) is 11.4 Å². The lowest BCUT2D eigenvalue weighted by molar-refractivity contribution is 0.579. The Morgan fingerprint density at radius 3 is 2.76 bits per heavy atom. The SMILES string of the molecule is CCNCc1cc(S(=O)(=O)NCc2ncn[nH]2)ccc1C. The molecule has 8 heteroatoms. The van der Waals surface area contributed by atoms with Gasteiger partial charge in [0.1, 0.15) is 12.2 Å². The first-order valence-electron chi connectivity index (χ1n) is 6.67. The first-order chi connectivity index (χ1) is 10.0. The molecule has 0 amide bonds. The van der Waals surface area contributed by atoms with Gasteiger partial charge in [-0.25, -0.2) is 18.1 Å². The van der Waals surface area contributed by atoms with Crippen molar-refractivity contribution in [3.05, 3.63) is 41.5 Å². The fourth-order valence-corrected chi connectivity index (χ4v) is 2.87. The summed E-state index contributed by atoms with van der Waals surface area (Å²) in [7, 11) is -3.57. The number of nitrogens with one attached hydrogen (secondary N) is 3. The number of benzene rings is 1. The molecule has 0 atom stereocenters. The predicted octanol–water partition coefficient (Wildman–Crippen LogP) is 0.701. The Hall–Kier alpha value is -1.77. The van der Waals surface area contributed by atoms with Gasteiger partial charge >= 0.3 is 0 Å². The van der Waals surface area contributed by atoms with E-state index in [4.69, 9.17) is 0 Å². The third-order valence-corrected chi connectivity index (χ3v) is 4.49. The van der Waals surface area contributed by atoms with E-state index < -0.39 is 10.0 Å². The molecule has 0 spiro atoms. The van der Waals surface area contributed by atoms with E-state index in [2.05, 4.69) is 25.2 Å². The van der Waals surface area contributed by atoms with Crippen molar-refractivity contribution in [1.29, 1.82) is 0 Å².